The van der Waals surface area contributed by atoms with Gasteiger partial charge in [0.05, 0.1) is 35.3 Å². The summed E-state index contributed by atoms with van der Waals surface area (Å²) in [6.07, 6.45) is 1.38. The zero-order valence-electron chi connectivity index (χ0n) is 27.9. The maximum atomic E-state index is 13.9. The molecule has 12 nitrogen and oxygen atoms in total. The van der Waals surface area contributed by atoms with E-state index < -0.39 is 4.92 Å². The van der Waals surface area contributed by atoms with Crippen LogP contribution in [0.4, 0.5) is 5.69 Å². The van der Waals surface area contributed by atoms with Crippen LogP contribution >= 0.6 is 0 Å². The molecule has 0 aliphatic carbocycles. The maximum Gasteiger partial charge on any atom is 0.315 e. The minimum absolute atomic E-state index is 0.0201. The second kappa shape index (κ2) is 14.1. The summed E-state index contributed by atoms with van der Waals surface area (Å²) in [4.78, 5) is 30.6. The zero-order chi connectivity index (χ0) is 34.7. The second-order valence-corrected chi connectivity index (χ2v) is 11.6. The van der Waals surface area contributed by atoms with E-state index in [1.54, 1.807) is 49.4 Å². The summed E-state index contributed by atoms with van der Waals surface area (Å²) in [6.45, 7) is 10.7. The number of rotatable bonds is 12. The van der Waals surface area contributed by atoms with Gasteiger partial charge in [-0.05, 0) is 85.8 Å². The quantitative estimate of drug-likeness (QED) is 0.0759. The van der Waals surface area contributed by atoms with E-state index in [1.165, 1.54) is 17.0 Å². The first-order valence-corrected chi connectivity index (χ1v) is 16.0. The molecule has 1 aromatic heterocycles. The molecule has 0 fully saturated rings. The molecule has 0 radical (unpaired) electrons. The SMILES string of the molecule is CCOc1cc(C)c(-c2nc3ccccc3c(=O)n2N=Cc2cc(OCC)c(OCc3ccc4c(c3)OCO4)c([N+](=O)[O-])c2)cc1C(C)C. The van der Waals surface area contributed by atoms with E-state index in [1.807, 2.05) is 32.0 Å². The predicted octanol–water partition coefficient (Wildman–Crippen LogP) is 7.39. The lowest BCUT2D eigenvalue weighted by Gasteiger charge is -2.18. The third-order valence-corrected chi connectivity index (χ3v) is 7.97. The fraction of sp³-hybridized carbons (Fsp3) is 0.270. The smallest absolute Gasteiger partial charge is 0.315 e. The molecule has 0 saturated heterocycles. The van der Waals surface area contributed by atoms with Gasteiger partial charge in [-0.1, -0.05) is 32.0 Å². The van der Waals surface area contributed by atoms with Crippen molar-refractivity contribution in [1.82, 2.24) is 9.66 Å². The number of benzene rings is 4. The van der Waals surface area contributed by atoms with Crippen molar-refractivity contribution in [3.8, 4) is 40.1 Å². The average Bonchev–Trinajstić information content (AvgIpc) is 3.55. The maximum absolute atomic E-state index is 13.9. The lowest BCUT2D eigenvalue weighted by molar-refractivity contribution is -0.386. The molecule has 0 N–H and O–H groups in total. The lowest BCUT2D eigenvalue weighted by Crippen LogP contribution is -2.21. The van der Waals surface area contributed by atoms with E-state index in [0.717, 1.165) is 22.4 Å². The van der Waals surface area contributed by atoms with Crippen molar-refractivity contribution in [3.63, 3.8) is 0 Å². The van der Waals surface area contributed by atoms with Crippen molar-refractivity contribution in [3.05, 3.63) is 109 Å². The first-order chi connectivity index (χ1) is 23.7. The molecule has 0 amide bonds. The number of ether oxygens (including phenoxy) is 5. The number of aromatic nitrogens is 2. The Labute approximate surface area is 282 Å². The Morgan fingerprint density at radius 2 is 1.73 bits per heavy atom. The Balaban J connectivity index is 1.44. The van der Waals surface area contributed by atoms with Crippen LogP contribution in [0.2, 0.25) is 0 Å². The fourth-order valence-electron chi connectivity index (χ4n) is 5.61. The van der Waals surface area contributed by atoms with Crippen LogP contribution in [0.25, 0.3) is 22.3 Å². The molecule has 1 aliphatic heterocycles. The Bertz CT molecular complexity index is 2140. The summed E-state index contributed by atoms with van der Waals surface area (Å²) in [5.74, 6) is 2.55. The minimum Gasteiger partial charge on any atom is -0.494 e. The summed E-state index contributed by atoms with van der Waals surface area (Å²) in [5.41, 5.74) is 3.38. The van der Waals surface area contributed by atoms with Crippen molar-refractivity contribution >= 4 is 22.8 Å². The molecule has 252 valence electrons. The fourth-order valence-corrected chi connectivity index (χ4v) is 5.61. The number of fused-ring (bicyclic) bond motifs is 2. The Morgan fingerprint density at radius 3 is 2.49 bits per heavy atom. The summed E-state index contributed by atoms with van der Waals surface area (Å²) in [7, 11) is 0. The molecule has 4 aromatic carbocycles. The Morgan fingerprint density at radius 1 is 0.980 bits per heavy atom. The average molecular weight is 665 g/mol. The van der Waals surface area contributed by atoms with Crippen LogP contribution in [-0.2, 0) is 6.61 Å². The van der Waals surface area contributed by atoms with Crippen LogP contribution in [0, 0.1) is 17.0 Å². The molecule has 6 rings (SSSR count). The molecule has 12 heteroatoms. The third-order valence-electron chi connectivity index (χ3n) is 7.97. The lowest BCUT2D eigenvalue weighted by atomic mass is 9.96. The van der Waals surface area contributed by atoms with E-state index in [9.17, 15) is 14.9 Å². The van der Waals surface area contributed by atoms with Gasteiger partial charge in [0.1, 0.15) is 12.4 Å². The van der Waals surface area contributed by atoms with Crippen LogP contribution in [0.3, 0.4) is 0 Å². The largest absolute Gasteiger partial charge is 0.494 e. The summed E-state index contributed by atoms with van der Waals surface area (Å²) in [6, 6.07) is 19.2. The second-order valence-electron chi connectivity index (χ2n) is 11.6. The standard InChI is InChI=1S/C37H36N4O8/c1-6-45-32-14-23(5)28(18-27(32)22(3)4)36-39-29-11-9-8-10-26(29)37(42)40(36)38-19-25-15-30(41(43)44)35(34(17-25)46-7-2)47-20-24-12-13-31-33(16-24)49-21-48-31/h8-19,22H,6-7,20-21H2,1-5H3. The third kappa shape index (κ3) is 6.75. The zero-order valence-corrected chi connectivity index (χ0v) is 27.9. The van der Waals surface area contributed by atoms with Crippen LogP contribution in [-0.4, -0.2) is 40.8 Å². The number of nitro benzene ring substituents is 1. The van der Waals surface area contributed by atoms with Crippen LogP contribution in [0.15, 0.2) is 76.6 Å². The van der Waals surface area contributed by atoms with Gasteiger partial charge in [-0.15, -0.1) is 0 Å². The molecule has 0 saturated carbocycles. The van der Waals surface area contributed by atoms with Crippen LogP contribution in [0.1, 0.15) is 55.9 Å². The minimum atomic E-state index is -0.541. The van der Waals surface area contributed by atoms with Crippen molar-refractivity contribution in [2.75, 3.05) is 20.0 Å². The molecule has 1 aliphatic rings. The molecule has 0 bridgehead atoms. The van der Waals surface area contributed by atoms with Gasteiger partial charge in [-0.3, -0.25) is 14.9 Å². The summed E-state index contributed by atoms with van der Waals surface area (Å²) in [5, 5.41) is 17.3. The highest BCUT2D eigenvalue weighted by Crippen LogP contribution is 2.40. The molecule has 5 aromatic rings. The highest BCUT2D eigenvalue weighted by atomic mass is 16.7. The summed E-state index contributed by atoms with van der Waals surface area (Å²) < 4.78 is 29.7. The number of aryl methyl sites for hydroxylation is 1. The normalized spacial score (nSPS) is 12.2. The van der Waals surface area contributed by atoms with Gasteiger partial charge in [-0.25, -0.2) is 4.98 Å². The van der Waals surface area contributed by atoms with E-state index >= 15 is 0 Å². The molecule has 0 atom stereocenters. The van der Waals surface area contributed by atoms with Gasteiger partial charge >= 0.3 is 5.69 Å². The van der Waals surface area contributed by atoms with Crippen LogP contribution in [0.5, 0.6) is 28.7 Å². The van der Waals surface area contributed by atoms with E-state index in [-0.39, 0.29) is 48.7 Å². The summed E-state index contributed by atoms with van der Waals surface area (Å²) >= 11 is 0. The van der Waals surface area contributed by atoms with E-state index in [4.69, 9.17) is 28.7 Å². The number of hydrogen-bond donors (Lipinski definition) is 0. The van der Waals surface area contributed by atoms with E-state index in [0.29, 0.717) is 46.0 Å². The monoisotopic (exact) mass is 664 g/mol. The number of hydrogen-bond acceptors (Lipinski definition) is 10. The van der Waals surface area contributed by atoms with Gasteiger partial charge < -0.3 is 23.7 Å². The van der Waals surface area contributed by atoms with Gasteiger partial charge in [0.25, 0.3) is 5.56 Å². The first-order valence-electron chi connectivity index (χ1n) is 16.0. The number of nitro groups is 1. The van der Waals surface area contributed by atoms with Crippen molar-refractivity contribution < 1.29 is 28.6 Å². The van der Waals surface area contributed by atoms with E-state index in [2.05, 4.69) is 18.9 Å². The molecule has 2 heterocycles. The Hall–Kier alpha value is -5.91. The molecular formula is C37H36N4O8. The molecule has 0 spiro atoms. The predicted molar refractivity (Wildman–Crippen MR) is 186 cm³/mol. The molecule has 49 heavy (non-hydrogen) atoms. The topological polar surface area (TPSA) is 137 Å². The molecular weight excluding hydrogens is 628 g/mol. The van der Waals surface area contributed by atoms with Gasteiger partial charge in [0.15, 0.2) is 23.1 Å². The van der Waals surface area contributed by atoms with Crippen molar-refractivity contribution in [2.24, 2.45) is 5.10 Å². The highest BCUT2D eigenvalue weighted by Gasteiger charge is 2.24. The van der Waals surface area contributed by atoms with Crippen molar-refractivity contribution in [2.45, 2.75) is 47.1 Å². The van der Waals surface area contributed by atoms with Gasteiger partial charge in [-0.2, -0.15) is 9.78 Å². The number of nitrogens with zero attached hydrogens (tertiary/aromatic N) is 4. The Kier molecular flexibility index (Phi) is 9.47. The van der Waals surface area contributed by atoms with Gasteiger partial charge in [0, 0.05) is 17.2 Å². The van der Waals surface area contributed by atoms with Crippen molar-refractivity contribution in [1.29, 1.82) is 0 Å². The van der Waals surface area contributed by atoms with Gasteiger partial charge in [0.2, 0.25) is 12.5 Å². The van der Waals surface area contributed by atoms with Crippen LogP contribution < -0.4 is 29.2 Å². The molecule has 0 unspecified atom stereocenters. The first kappa shape index (κ1) is 33.0. The number of para-hydroxylation sites is 1. The highest BCUT2D eigenvalue weighted by molar-refractivity contribution is 5.84.